The Labute approximate surface area is 175 Å². The fourth-order valence-corrected chi connectivity index (χ4v) is 5.24. The van der Waals surface area contributed by atoms with E-state index in [1.807, 2.05) is 24.3 Å². The van der Waals surface area contributed by atoms with Crippen molar-refractivity contribution in [3.63, 3.8) is 0 Å². The highest BCUT2D eigenvalue weighted by Crippen LogP contribution is 2.46. The van der Waals surface area contributed by atoms with Gasteiger partial charge in [-0.25, -0.2) is 4.39 Å². The molecular formula is C24H28FN3O2. The average molecular weight is 410 g/mol. The van der Waals surface area contributed by atoms with Crippen molar-refractivity contribution < 1.29 is 14.2 Å². The van der Waals surface area contributed by atoms with Gasteiger partial charge < -0.3 is 20.1 Å². The number of piperidine rings is 1. The number of hydrogen-bond acceptors (Lipinski definition) is 4. The van der Waals surface area contributed by atoms with E-state index >= 15 is 0 Å². The van der Waals surface area contributed by atoms with Crippen LogP contribution in [0.1, 0.15) is 35.7 Å². The topological polar surface area (TPSA) is 60.5 Å². The Hall–Kier alpha value is -2.41. The number of rotatable bonds is 4. The first-order chi connectivity index (χ1) is 14.6. The lowest BCUT2D eigenvalue weighted by Gasteiger charge is -2.46. The van der Waals surface area contributed by atoms with Gasteiger partial charge in [-0.2, -0.15) is 0 Å². The molecule has 158 valence electrons. The quantitative estimate of drug-likeness (QED) is 0.617. The Bertz CT molecular complexity index is 1040. The van der Waals surface area contributed by atoms with E-state index in [1.54, 1.807) is 7.11 Å². The molecule has 1 aromatic heterocycles. The number of ether oxygens (including phenoxy) is 1. The van der Waals surface area contributed by atoms with Crippen LogP contribution in [0, 0.1) is 5.82 Å². The average Bonchev–Trinajstić information content (AvgIpc) is 3.17. The molecule has 3 aromatic rings. The molecule has 2 aliphatic heterocycles. The first kappa shape index (κ1) is 19.5. The second kappa shape index (κ2) is 7.69. The molecule has 5 nitrogen and oxygen atoms in total. The molecule has 0 amide bonds. The Morgan fingerprint density at radius 2 is 1.93 bits per heavy atom. The summed E-state index contributed by atoms with van der Waals surface area (Å²) in [6.45, 7) is 3.77. The lowest BCUT2D eigenvalue weighted by molar-refractivity contribution is 0.132. The second-order valence-corrected chi connectivity index (χ2v) is 8.62. The Kier molecular flexibility index (Phi) is 5.01. The van der Waals surface area contributed by atoms with Gasteiger partial charge in [-0.3, -0.25) is 4.90 Å². The number of aromatic nitrogens is 1. The largest absolute Gasteiger partial charge is 0.497 e. The molecular weight excluding hydrogens is 381 g/mol. The molecule has 3 N–H and O–H groups in total. The fraction of sp³-hybridized carbons (Fsp3) is 0.417. The smallest absolute Gasteiger partial charge is 0.123 e. The lowest BCUT2D eigenvalue weighted by Crippen LogP contribution is -2.52. The monoisotopic (exact) mass is 409 g/mol. The van der Waals surface area contributed by atoms with Crippen molar-refractivity contribution in [2.24, 2.45) is 0 Å². The van der Waals surface area contributed by atoms with E-state index in [4.69, 9.17) is 4.74 Å². The molecule has 30 heavy (non-hydrogen) atoms. The first-order valence-corrected chi connectivity index (χ1v) is 10.6. The van der Waals surface area contributed by atoms with Crippen molar-refractivity contribution in [2.45, 2.75) is 30.8 Å². The van der Waals surface area contributed by atoms with E-state index in [0.717, 1.165) is 61.5 Å². The predicted octanol–water partition coefficient (Wildman–Crippen LogP) is 3.49. The number of likely N-dealkylation sites (tertiary alicyclic amines) is 1. The molecule has 5 rings (SSSR count). The number of nitrogens with one attached hydrogen (secondary N) is 2. The number of aliphatic hydroxyl groups excluding tert-OH is 1. The van der Waals surface area contributed by atoms with Crippen molar-refractivity contribution >= 4 is 10.9 Å². The maximum absolute atomic E-state index is 13.2. The van der Waals surface area contributed by atoms with Crippen LogP contribution in [-0.2, 0) is 12.0 Å². The van der Waals surface area contributed by atoms with Crippen molar-refractivity contribution in [3.05, 3.63) is 65.1 Å². The van der Waals surface area contributed by atoms with Crippen LogP contribution in [0.25, 0.3) is 10.9 Å². The van der Waals surface area contributed by atoms with Gasteiger partial charge >= 0.3 is 0 Å². The zero-order chi connectivity index (χ0) is 20.7. The van der Waals surface area contributed by atoms with Crippen LogP contribution in [0.15, 0.2) is 42.5 Å². The third kappa shape index (κ3) is 3.29. The summed E-state index contributed by atoms with van der Waals surface area (Å²) in [7, 11) is 1.68. The van der Waals surface area contributed by atoms with Crippen molar-refractivity contribution in [3.8, 4) is 5.75 Å². The number of aliphatic hydroxyl groups is 1. The zero-order valence-electron chi connectivity index (χ0n) is 17.2. The van der Waals surface area contributed by atoms with Gasteiger partial charge in [0.25, 0.3) is 0 Å². The summed E-state index contributed by atoms with van der Waals surface area (Å²) in [6, 6.07) is 13.0. The summed E-state index contributed by atoms with van der Waals surface area (Å²) in [4.78, 5) is 6.02. The van der Waals surface area contributed by atoms with Gasteiger partial charge in [-0.15, -0.1) is 0 Å². The summed E-state index contributed by atoms with van der Waals surface area (Å²) in [6.07, 6.45) is 2.09. The number of nitrogens with zero attached hydrogens (tertiary/aromatic N) is 1. The molecule has 1 fully saturated rings. The summed E-state index contributed by atoms with van der Waals surface area (Å²) >= 11 is 0. The minimum absolute atomic E-state index is 0.0487. The number of H-pyrrole nitrogens is 1. The first-order valence-electron chi connectivity index (χ1n) is 10.6. The molecule has 1 spiro atoms. The van der Waals surface area contributed by atoms with Gasteiger partial charge in [0, 0.05) is 41.2 Å². The standard InChI is InChI=1S/C24H28FN3O2/c1-30-18-6-7-19-20(12-18)27-23-21(14-29)26-15-24(22(19)23)8-10-28(11-9-24)13-16-2-4-17(25)5-3-16/h2-7,12,21,26-27,29H,8-11,13-15H2,1H3/t21-/m1/s1. The highest BCUT2D eigenvalue weighted by molar-refractivity contribution is 5.87. The van der Waals surface area contributed by atoms with Crippen LogP contribution >= 0.6 is 0 Å². The number of hydrogen-bond donors (Lipinski definition) is 3. The van der Waals surface area contributed by atoms with Gasteiger partial charge in [0.1, 0.15) is 11.6 Å². The maximum atomic E-state index is 13.2. The molecule has 2 aliphatic rings. The van der Waals surface area contributed by atoms with Crippen LogP contribution in [-0.4, -0.2) is 48.3 Å². The summed E-state index contributed by atoms with van der Waals surface area (Å²) in [5, 5.41) is 14.7. The summed E-state index contributed by atoms with van der Waals surface area (Å²) in [5.41, 5.74) is 4.73. The third-order valence-electron chi connectivity index (χ3n) is 6.92. The van der Waals surface area contributed by atoms with E-state index in [0.29, 0.717) is 0 Å². The molecule has 1 atom stereocenters. The number of methoxy groups -OCH3 is 1. The molecule has 0 unspecified atom stereocenters. The molecule has 0 aliphatic carbocycles. The van der Waals surface area contributed by atoms with Gasteiger partial charge in [-0.1, -0.05) is 12.1 Å². The van der Waals surface area contributed by atoms with E-state index in [-0.39, 0.29) is 23.9 Å². The molecule has 3 heterocycles. The number of halogens is 1. The van der Waals surface area contributed by atoms with Crippen molar-refractivity contribution in [1.29, 1.82) is 0 Å². The van der Waals surface area contributed by atoms with Crippen LogP contribution in [0.2, 0.25) is 0 Å². The van der Waals surface area contributed by atoms with Crippen molar-refractivity contribution in [1.82, 2.24) is 15.2 Å². The molecule has 0 saturated carbocycles. The van der Waals surface area contributed by atoms with Crippen LogP contribution in [0.5, 0.6) is 5.75 Å². The zero-order valence-corrected chi connectivity index (χ0v) is 17.2. The van der Waals surface area contributed by atoms with E-state index < -0.39 is 0 Å². The van der Waals surface area contributed by atoms with E-state index in [2.05, 4.69) is 21.3 Å². The van der Waals surface area contributed by atoms with Crippen molar-refractivity contribution in [2.75, 3.05) is 33.4 Å². The van der Waals surface area contributed by atoms with Crippen LogP contribution < -0.4 is 10.1 Å². The minimum atomic E-state index is -0.188. The molecule has 6 heteroatoms. The van der Waals surface area contributed by atoms with Gasteiger partial charge in [-0.05, 0) is 61.3 Å². The Morgan fingerprint density at radius 3 is 2.63 bits per heavy atom. The maximum Gasteiger partial charge on any atom is 0.123 e. The highest BCUT2D eigenvalue weighted by Gasteiger charge is 2.44. The SMILES string of the molecule is COc1ccc2c3c([nH]c2c1)[C@@H](CO)NCC31CCN(Cc2ccc(F)cc2)CC1. The normalized spacial score (nSPS) is 21.1. The van der Waals surface area contributed by atoms with Gasteiger partial charge in [0.15, 0.2) is 0 Å². The molecule has 0 radical (unpaired) electrons. The molecule has 2 aromatic carbocycles. The second-order valence-electron chi connectivity index (χ2n) is 8.62. The Morgan fingerprint density at radius 1 is 1.17 bits per heavy atom. The number of aromatic amines is 1. The van der Waals surface area contributed by atoms with Crippen LogP contribution in [0.3, 0.4) is 0 Å². The predicted molar refractivity (Wildman–Crippen MR) is 115 cm³/mol. The van der Waals surface area contributed by atoms with Gasteiger partial charge in [0.05, 0.1) is 19.8 Å². The van der Waals surface area contributed by atoms with Crippen LogP contribution in [0.4, 0.5) is 4.39 Å². The molecule has 0 bridgehead atoms. The minimum Gasteiger partial charge on any atom is -0.497 e. The molecule has 1 saturated heterocycles. The summed E-state index contributed by atoms with van der Waals surface area (Å²) in [5.74, 6) is 0.643. The lowest BCUT2D eigenvalue weighted by atomic mass is 9.69. The summed E-state index contributed by atoms with van der Waals surface area (Å²) < 4.78 is 18.6. The van der Waals surface area contributed by atoms with Gasteiger partial charge in [0.2, 0.25) is 0 Å². The fourth-order valence-electron chi connectivity index (χ4n) is 5.24. The number of benzene rings is 2. The Balaban J connectivity index is 1.43. The van der Waals surface area contributed by atoms with E-state index in [1.165, 1.54) is 23.1 Å². The number of fused-ring (bicyclic) bond motifs is 4. The van der Waals surface area contributed by atoms with E-state index in [9.17, 15) is 9.50 Å². The highest BCUT2D eigenvalue weighted by atomic mass is 19.1. The third-order valence-corrected chi connectivity index (χ3v) is 6.92.